The number of rotatable bonds is 6. The van der Waals surface area contributed by atoms with Crippen LogP contribution in [0.3, 0.4) is 0 Å². The molecule has 1 aromatic carbocycles. The van der Waals surface area contributed by atoms with Crippen LogP contribution >= 0.6 is 0 Å². The van der Waals surface area contributed by atoms with Gasteiger partial charge in [0, 0.05) is 20.1 Å². The molecule has 2 atom stereocenters. The van der Waals surface area contributed by atoms with Crippen molar-refractivity contribution in [1.82, 2.24) is 4.90 Å². The fourth-order valence-electron chi connectivity index (χ4n) is 2.82. The summed E-state index contributed by atoms with van der Waals surface area (Å²) in [5, 5.41) is 2.88. The lowest BCUT2D eigenvalue weighted by molar-refractivity contribution is -0.130. The van der Waals surface area contributed by atoms with Crippen LogP contribution in [0.4, 0.5) is 5.69 Å². The highest BCUT2D eigenvalue weighted by Gasteiger charge is 2.36. The minimum Gasteiger partial charge on any atom is -0.495 e. The van der Waals surface area contributed by atoms with Crippen LogP contribution in [-0.4, -0.2) is 50.1 Å². The summed E-state index contributed by atoms with van der Waals surface area (Å²) in [6, 6.07) is 5.57. The third-order valence-corrected chi connectivity index (χ3v) is 4.08. The number of ether oxygens (including phenoxy) is 2. The maximum atomic E-state index is 12.5. The van der Waals surface area contributed by atoms with Gasteiger partial charge in [-0.25, -0.2) is 0 Å². The number of nitrogens with zero attached hydrogens (tertiary/aromatic N) is 1. The lowest BCUT2D eigenvalue weighted by Crippen LogP contribution is -2.38. The lowest BCUT2D eigenvalue weighted by atomic mass is 10.1. The third kappa shape index (κ3) is 4.01. The van der Waals surface area contributed by atoms with Crippen LogP contribution < -0.4 is 10.1 Å². The van der Waals surface area contributed by atoms with Crippen LogP contribution in [-0.2, 0) is 14.3 Å². The summed E-state index contributed by atoms with van der Waals surface area (Å²) < 4.78 is 10.4. The number of carbonyl (C=O) groups excluding carboxylic acids is 2. The van der Waals surface area contributed by atoms with Crippen LogP contribution in [0.2, 0.25) is 0 Å². The van der Waals surface area contributed by atoms with Crippen LogP contribution in [0, 0.1) is 12.8 Å². The van der Waals surface area contributed by atoms with E-state index in [0.29, 0.717) is 24.6 Å². The minimum atomic E-state index is -0.355. The molecule has 1 aliphatic rings. The molecule has 1 heterocycles. The van der Waals surface area contributed by atoms with Crippen molar-refractivity contribution in [3.8, 4) is 5.75 Å². The molecule has 0 aliphatic carbocycles. The number of hydrogen-bond donors (Lipinski definition) is 1. The highest BCUT2D eigenvalue weighted by atomic mass is 16.5. The van der Waals surface area contributed by atoms with E-state index in [9.17, 15) is 9.59 Å². The normalized spacial score (nSPS) is 18.9. The molecule has 126 valence electrons. The first-order valence-corrected chi connectivity index (χ1v) is 7.70. The Bertz CT molecular complexity index is 588. The van der Waals surface area contributed by atoms with Crippen LogP contribution in [0.5, 0.6) is 5.75 Å². The van der Waals surface area contributed by atoms with Gasteiger partial charge >= 0.3 is 0 Å². The van der Waals surface area contributed by atoms with E-state index in [1.165, 1.54) is 0 Å². The molecule has 0 radical (unpaired) electrons. The summed E-state index contributed by atoms with van der Waals surface area (Å²) in [6.07, 6.45) is 0.230. The molecule has 2 amide bonds. The van der Waals surface area contributed by atoms with E-state index in [1.807, 2.05) is 32.0 Å². The number of aryl methyl sites for hydroxylation is 1. The Hall–Kier alpha value is -2.08. The van der Waals surface area contributed by atoms with Gasteiger partial charge < -0.3 is 19.7 Å². The highest BCUT2D eigenvalue weighted by Crippen LogP contribution is 2.27. The Labute approximate surface area is 136 Å². The van der Waals surface area contributed by atoms with Gasteiger partial charge in [0.15, 0.2) is 0 Å². The predicted molar refractivity (Wildman–Crippen MR) is 87.5 cm³/mol. The van der Waals surface area contributed by atoms with Gasteiger partial charge in [-0.2, -0.15) is 0 Å². The van der Waals surface area contributed by atoms with E-state index < -0.39 is 0 Å². The van der Waals surface area contributed by atoms with Gasteiger partial charge in [0.2, 0.25) is 11.8 Å². The van der Waals surface area contributed by atoms with Crippen LogP contribution in [0.15, 0.2) is 18.2 Å². The number of methoxy groups -OCH3 is 2. The fourth-order valence-corrected chi connectivity index (χ4v) is 2.82. The van der Waals surface area contributed by atoms with Crippen molar-refractivity contribution in [3.63, 3.8) is 0 Å². The van der Waals surface area contributed by atoms with Crippen molar-refractivity contribution in [1.29, 1.82) is 0 Å². The Kier molecular flexibility index (Phi) is 5.60. The first-order chi connectivity index (χ1) is 11.0. The molecular weight excluding hydrogens is 296 g/mol. The SMILES string of the molecule is COC[C@H](C)N1C[C@H](C(=O)Nc2cc(C)ccc2OC)CC1=O. The number of anilines is 1. The topological polar surface area (TPSA) is 67.9 Å². The molecule has 2 rings (SSSR count). The second kappa shape index (κ2) is 7.46. The summed E-state index contributed by atoms with van der Waals surface area (Å²) in [5.41, 5.74) is 1.66. The minimum absolute atomic E-state index is 0.00842. The largest absolute Gasteiger partial charge is 0.495 e. The van der Waals surface area contributed by atoms with E-state index in [4.69, 9.17) is 9.47 Å². The van der Waals surface area contributed by atoms with Crippen LogP contribution in [0.1, 0.15) is 18.9 Å². The van der Waals surface area contributed by atoms with Gasteiger partial charge in [0.25, 0.3) is 0 Å². The average Bonchev–Trinajstić information content (AvgIpc) is 2.90. The van der Waals surface area contributed by atoms with Crippen molar-refractivity contribution in [2.75, 3.05) is 32.7 Å². The van der Waals surface area contributed by atoms with Gasteiger partial charge in [0.1, 0.15) is 5.75 Å². The number of carbonyl (C=O) groups is 2. The van der Waals surface area contributed by atoms with E-state index in [2.05, 4.69) is 5.32 Å². The van der Waals surface area contributed by atoms with Crippen molar-refractivity contribution < 1.29 is 19.1 Å². The number of likely N-dealkylation sites (tertiary alicyclic amines) is 1. The van der Waals surface area contributed by atoms with E-state index in [0.717, 1.165) is 5.56 Å². The molecule has 0 aromatic heterocycles. The number of hydrogen-bond acceptors (Lipinski definition) is 4. The number of benzene rings is 1. The van der Waals surface area contributed by atoms with E-state index >= 15 is 0 Å². The van der Waals surface area contributed by atoms with E-state index in [1.54, 1.807) is 19.1 Å². The molecule has 0 bridgehead atoms. The van der Waals surface area contributed by atoms with Crippen molar-refractivity contribution >= 4 is 17.5 Å². The molecule has 6 heteroatoms. The molecule has 0 saturated carbocycles. The molecule has 1 saturated heterocycles. The Morgan fingerprint density at radius 3 is 2.83 bits per heavy atom. The Morgan fingerprint density at radius 1 is 1.43 bits per heavy atom. The van der Waals surface area contributed by atoms with Crippen molar-refractivity contribution in [2.45, 2.75) is 26.3 Å². The Morgan fingerprint density at radius 2 is 2.17 bits per heavy atom. The van der Waals surface area contributed by atoms with Gasteiger partial charge in [-0.1, -0.05) is 6.07 Å². The molecule has 6 nitrogen and oxygen atoms in total. The molecule has 0 unspecified atom stereocenters. The zero-order valence-electron chi connectivity index (χ0n) is 14.1. The standard InChI is InChI=1S/C17H24N2O4/c1-11-5-6-15(23-4)14(7-11)18-17(21)13-8-16(20)19(9-13)12(2)10-22-3/h5-7,12-13H,8-10H2,1-4H3,(H,18,21)/t12-,13+/m0/s1. The van der Waals surface area contributed by atoms with Gasteiger partial charge in [-0.3, -0.25) is 9.59 Å². The zero-order valence-corrected chi connectivity index (χ0v) is 14.1. The molecule has 1 aromatic rings. The molecule has 0 spiro atoms. The zero-order chi connectivity index (χ0) is 17.0. The second-order valence-corrected chi connectivity index (χ2v) is 5.94. The molecule has 1 aliphatic heterocycles. The average molecular weight is 320 g/mol. The maximum Gasteiger partial charge on any atom is 0.229 e. The summed E-state index contributed by atoms with van der Waals surface area (Å²) in [4.78, 5) is 26.3. The van der Waals surface area contributed by atoms with Gasteiger partial charge in [0.05, 0.1) is 31.4 Å². The van der Waals surface area contributed by atoms with Gasteiger partial charge in [-0.15, -0.1) is 0 Å². The number of amides is 2. The first-order valence-electron chi connectivity index (χ1n) is 7.70. The van der Waals surface area contributed by atoms with Crippen LogP contribution in [0.25, 0.3) is 0 Å². The number of nitrogens with one attached hydrogen (secondary N) is 1. The third-order valence-electron chi connectivity index (χ3n) is 4.08. The molecule has 1 N–H and O–H groups in total. The predicted octanol–water partition coefficient (Wildman–Crippen LogP) is 1.83. The summed E-state index contributed by atoms with van der Waals surface area (Å²) in [6.45, 7) is 4.75. The first kappa shape index (κ1) is 17.3. The highest BCUT2D eigenvalue weighted by molar-refractivity contribution is 5.98. The smallest absolute Gasteiger partial charge is 0.229 e. The van der Waals surface area contributed by atoms with Crippen molar-refractivity contribution in [2.24, 2.45) is 5.92 Å². The Balaban J connectivity index is 2.05. The van der Waals surface area contributed by atoms with E-state index in [-0.39, 0.29) is 30.2 Å². The monoisotopic (exact) mass is 320 g/mol. The second-order valence-electron chi connectivity index (χ2n) is 5.94. The lowest BCUT2D eigenvalue weighted by Gasteiger charge is -2.24. The maximum absolute atomic E-state index is 12.5. The quantitative estimate of drug-likeness (QED) is 0.868. The van der Waals surface area contributed by atoms with Gasteiger partial charge in [-0.05, 0) is 31.5 Å². The molecule has 23 heavy (non-hydrogen) atoms. The fraction of sp³-hybridized carbons (Fsp3) is 0.529. The molecule has 1 fully saturated rings. The summed E-state index contributed by atoms with van der Waals surface area (Å²) >= 11 is 0. The van der Waals surface area contributed by atoms with Crippen molar-refractivity contribution in [3.05, 3.63) is 23.8 Å². The summed E-state index contributed by atoms with van der Waals surface area (Å²) in [7, 11) is 3.17. The summed E-state index contributed by atoms with van der Waals surface area (Å²) in [5.74, 6) is 0.0881. The molecular formula is C17H24N2O4.